The smallest absolute Gasteiger partial charge is 0.328 e. The molecule has 0 saturated carbocycles. The zero-order valence-corrected chi connectivity index (χ0v) is 12.4. The number of ether oxygens (including phenoxy) is 1. The summed E-state index contributed by atoms with van der Waals surface area (Å²) in [6.45, 7) is 5.82. The van der Waals surface area contributed by atoms with Crippen molar-refractivity contribution in [1.82, 2.24) is 5.32 Å². The molecule has 110 valence electrons. The second-order valence-corrected chi connectivity index (χ2v) is 5.25. The number of nitrogens with two attached hydrogens (primary N) is 1. The summed E-state index contributed by atoms with van der Waals surface area (Å²) in [5, 5.41) is 2.69. The topological polar surface area (TPSA) is 81.4 Å². The van der Waals surface area contributed by atoms with Crippen molar-refractivity contribution >= 4 is 17.6 Å². The van der Waals surface area contributed by atoms with Crippen LogP contribution in [0.3, 0.4) is 0 Å². The Morgan fingerprint density at radius 2 is 2.00 bits per heavy atom. The Balaban J connectivity index is 2.84. The van der Waals surface area contributed by atoms with Crippen molar-refractivity contribution in [1.29, 1.82) is 0 Å². The molecule has 0 unspecified atom stereocenters. The summed E-state index contributed by atoms with van der Waals surface area (Å²) in [5.74, 6) is -0.498. The van der Waals surface area contributed by atoms with E-state index >= 15 is 0 Å². The van der Waals surface area contributed by atoms with Gasteiger partial charge in [0.25, 0.3) is 5.91 Å². The number of esters is 1. The fourth-order valence-electron chi connectivity index (χ4n) is 1.85. The molecule has 0 aliphatic heterocycles. The molecule has 0 aliphatic rings. The van der Waals surface area contributed by atoms with Crippen molar-refractivity contribution in [3.63, 3.8) is 0 Å². The van der Waals surface area contributed by atoms with E-state index in [1.165, 1.54) is 7.11 Å². The molecule has 3 N–H and O–H groups in total. The molecular weight excluding hydrogens is 256 g/mol. The van der Waals surface area contributed by atoms with Crippen LogP contribution in [0.2, 0.25) is 0 Å². The molecule has 1 atom stereocenters. The van der Waals surface area contributed by atoms with Crippen LogP contribution < -0.4 is 11.1 Å². The minimum absolute atomic E-state index is 0.266. The van der Waals surface area contributed by atoms with Crippen LogP contribution in [0, 0.1) is 12.8 Å². The van der Waals surface area contributed by atoms with Crippen molar-refractivity contribution in [2.45, 2.75) is 33.2 Å². The highest BCUT2D eigenvalue weighted by Gasteiger charge is 2.23. The number of methoxy groups -OCH3 is 1. The lowest BCUT2D eigenvalue weighted by atomic mass is 10.0. The van der Waals surface area contributed by atoms with E-state index in [9.17, 15) is 9.59 Å². The quantitative estimate of drug-likeness (QED) is 0.636. The molecular formula is C15H22N2O3. The van der Waals surface area contributed by atoms with Gasteiger partial charge in [0.2, 0.25) is 0 Å². The minimum atomic E-state index is -0.643. The lowest BCUT2D eigenvalue weighted by Crippen LogP contribution is -2.42. The van der Waals surface area contributed by atoms with Gasteiger partial charge >= 0.3 is 5.97 Å². The van der Waals surface area contributed by atoms with E-state index in [1.807, 2.05) is 20.8 Å². The van der Waals surface area contributed by atoms with Crippen LogP contribution in [0.5, 0.6) is 0 Å². The number of hydrogen-bond donors (Lipinski definition) is 2. The highest BCUT2D eigenvalue weighted by molar-refractivity contribution is 5.97. The van der Waals surface area contributed by atoms with Gasteiger partial charge in [-0.3, -0.25) is 4.79 Å². The standard InChI is InChI=1S/C15H22N2O3/c1-9(2)7-13(15(19)20-4)17-14(18)11-6-5-10(3)12(16)8-11/h5-6,8-9,13H,7,16H2,1-4H3,(H,17,18)/t13-/m0/s1. The fraction of sp³-hybridized carbons (Fsp3) is 0.467. The average molecular weight is 278 g/mol. The van der Waals surface area contributed by atoms with Gasteiger partial charge < -0.3 is 15.8 Å². The Kier molecular flexibility index (Phi) is 5.55. The first-order valence-electron chi connectivity index (χ1n) is 6.60. The first-order valence-corrected chi connectivity index (χ1v) is 6.60. The number of nitrogen functional groups attached to an aromatic ring is 1. The number of anilines is 1. The third-order valence-corrected chi connectivity index (χ3v) is 3.04. The molecule has 0 radical (unpaired) electrons. The molecule has 0 heterocycles. The largest absolute Gasteiger partial charge is 0.467 e. The van der Waals surface area contributed by atoms with Crippen molar-refractivity contribution in [3.05, 3.63) is 29.3 Å². The van der Waals surface area contributed by atoms with Crippen LogP contribution in [0.15, 0.2) is 18.2 Å². The van der Waals surface area contributed by atoms with Gasteiger partial charge in [-0.2, -0.15) is 0 Å². The van der Waals surface area contributed by atoms with E-state index in [0.717, 1.165) is 5.56 Å². The lowest BCUT2D eigenvalue weighted by molar-refractivity contribution is -0.143. The van der Waals surface area contributed by atoms with Gasteiger partial charge in [-0.05, 0) is 37.0 Å². The summed E-state index contributed by atoms with van der Waals surface area (Å²) in [5.41, 5.74) is 7.68. The highest BCUT2D eigenvalue weighted by Crippen LogP contribution is 2.14. The van der Waals surface area contributed by atoms with E-state index < -0.39 is 12.0 Å². The molecule has 0 fully saturated rings. The Morgan fingerprint density at radius 1 is 1.35 bits per heavy atom. The highest BCUT2D eigenvalue weighted by atomic mass is 16.5. The summed E-state index contributed by atoms with van der Waals surface area (Å²) in [6, 6.07) is 4.42. The van der Waals surface area contributed by atoms with Crippen molar-refractivity contribution in [2.24, 2.45) is 5.92 Å². The zero-order chi connectivity index (χ0) is 15.3. The van der Waals surface area contributed by atoms with Crippen LogP contribution >= 0.6 is 0 Å². The van der Waals surface area contributed by atoms with E-state index in [-0.39, 0.29) is 11.8 Å². The Morgan fingerprint density at radius 3 is 2.50 bits per heavy atom. The van der Waals surface area contributed by atoms with E-state index in [1.54, 1.807) is 18.2 Å². The first kappa shape index (κ1) is 16.0. The molecule has 0 aromatic heterocycles. The van der Waals surface area contributed by atoms with Crippen molar-refractivity contribution in [2.75, 3.05) is 12.8 Å². The van der Waals surface area contributed by atoms with Crippen LogP contribution in [0.1, 0.15) is 36.2 Å². The number of benzene rings is 1. The number of hydrogen-bond acceptors (Lipinski definition) is 4. The number of nitrogens with one attached hydrogen (secondary N) is 1. The van der Waals surface area contributed by atoms with Crippen LogP contribution in [0.4, 0.5) is 5.69 Å². The van der Waals surface area contributed by atoms with E-state index in [0.29, 0.717) is 17.7 Å². The number of aryl methyl sites for hydroxylation is 1. The van der Waals surface area contributed by atoms with E-state index in [4.69, 9.17) is 10.5 Å². The zero-order valence-electron chi connectivity index (χ0n) is 12.4. The molecule has 1 aromatic rings. The Labute approximate surface area is 119 Å². The van der Waals surface area contributed by atoms with Crippen molar-refractivity contribution in [3.8, 4) is 0 Å². The molecule has 5 heteroatoms. The molecule has 0 bridgehead atoms. The van der Waals surface area contributed by atoms with Crippen LogP contribution in [-0.4, -0.2) is 25.0 Å². The van der Waals surface area contributed by atoms with Crippen LogP contribution in [-0.2, 0) is 9.53 Å². The second kappa shape index (κ2) is 6.93. The SMILES string of the molecule is COC(=O)[C@H](CC(C)C)NC(=O)c1ccc(C)c(N)c1. The second-order valence-electron chi connectivity index (χ2n) is 5.25. The Bertz CT molecular complexity index is 498. The molecule has 1 aromatic carbocycles. The van der Waals surface area contributed by atoms with Gasteiger partial charge in [-0.15, -0.1) is 0 Å². The number of carbonyl (C=O) groups is 2. The maximum absolute atomic E-state index is 12.1. The van der Waals surface area contributed by atoms with E-state index in [2.05, 4.69) is 5.32 Å². The number of amides is 1. The third kappa shape index (κ3) is 4.26. The van der Waals surface area contributed by atoms with Gasteiger partial charge in [0.05, 0.1) is 7.11 Å². The van der Waals surface area contributed by atoms with Gasteiger partial charge in [0, 0.05) is 11.3 Å². The molecule has 20 heavy (non-hydrogen) atoms. The molecule has 0 aliphatic carbocycles. The maximum Gasteiger partial charge on any atom is 0.328 e. The summed E-state index contributed by atoms with van der Waals surface area (Å²) in [6.07, 6.45) is 0.528. The molecule has 0 spiro atoms. The van der Waals surface area contributed by atoms with Gasteiger partial charge in [-0.25, -0.2) is 4.79 Å². The first-order chi connectivity index (χ1) is 9.35. The average Bonchev–Trinajstić information content (AvgIpc) is 2.39. The Hall–Kier alpha value is -2.04. The molecule has 1 amide bonds. The minimum Gasteiger partial charge on any atom is -0.467 e. The predicted molar refractivity (Wildman–Crippen MR) is 78.3 cm³/mol. The molecule has 0 saturated heterocycles. The third-order valence-electron chi connectivity index (χ3n) is 3.04. The summed E-state index contributed by atoms with van der Waals surface area (Å²) >= 11 is 0. The normalized spacial score (nSPS) is 12.1. The van der Waals surface area contributed by atoms with Crippen molar-refractivity contribution < 1.29 is 14.3 Å². The fourth-order valence-corrected chi connectivity index (χ4v) is 1.85. The summed E-state index contributed by atoms with van der Waals surface area (Å²) in [7, 11) is 1.31. The van der Waals surface area contributed by atoms with Gasteiger partial charge in [-0.1, -0.05) is 19.9 Å². The monoisotopic (exact) mass is 278 g/mol. The molecule has 5 nitrogen and oxygen atoms in total. The predicted octanol–water partition coefficient (Wildman–Crippen LogP) is 1.89. The summed E-state index contributed by atoms with van der Waals surface area (Å²) < 4.78 is 4.71. The number of carbonyl (C=O) groups excluding carboxylic acids is 2. The van der Waals surface area contributed by atoms with Crippen LogP contribution in [0.25, 0.3) is 0 Å². The van der Waals surface area contributed by atoms with Gasteiger partial charge in [0.1, 0.15) is 6.04 Å². The number of rotatable bonds is 5. The maximum atomic E-state index is 12.1. The molecule has 1 rings (SSSR count). The lowest BCUT2D eigenvalue weighted by Gasteiger charge is -2.18. The summed E-state index contributed by atoms with van der Waals surface area (Å²) in [4.78, 5) is 23.8. The van der Waals surface area contributed by atoms with Gasteiger partial charge in [0.15, 0.2) is 0 Å².